The van der Waals surface area contributed by atoms with Crippen LogP contribution >= 0.6 is 11.8 Å². The van der Waals surface area contributed by atoms with Crippen LogP contribution in [0.1, 0.15) is 40.5 Å². The molecule has 0 bridgehead atoms. The molecule has 5 heteroatoms. The van der Waals surface area contributed by atoms with Gasteiger partial charge in [-0.05, 0) is 93.2 Å². The summed E-state index contributed by atoms with van der Waals surface area (Å²) in [5.41, 5.74) is 10.8. The number of aliphatic imine (C=N–C) groups is 1. The van der Waals surface area contributed by atoms with Gasteiger partial charge in [0.05, 0.1) is 11.0 Å². The second-order valence-corrected chi connectivity index (χ2v) is 15.6. The summed E-state index contributed by atoms with van der Waals surface area (Å²) < 4.78 is 2.42. The first-order valence-electron chi connectivity index (χ1n) is 18.7. The van der Waals surface area contributed by atoms with Crippen molar-refractivity contribution in [3.63, 3.8) is 0 Å². The topological polar surface area (TPSA) is 41.4 Å². The number of hydrogen-bond acceptors (Lipinski definition) is 4. The summed E-state index contributed by atoms with van der Waals surface area (Å²) in [5, 5.41) is 13.0. The van der Waals surface area contributed by atoms with Crippen molar-refractivity contribution in [1.29, 1.82) is 0 Å². The van der Waals surface area contributed by atoms with Crippen LogP contribution in [0, 0.1) is 0 Å². The van der Waals surface area contributed by atoms with Crippen molar-refractivity contribution in [3.05, 3.63) is 204 Å². The molecule has 0 saturated carbocycles. The van der Waals surface area contributed by atoms with E-state index in [1.807, 2.05) is 17.8 Å². The van der Waals surface area contributed by atoms with E-state index >= 15 is 0 Å². The average molecular weight is 713 g/mol. The number of allylic oxidation sites excluding steroid dienone is 3. The Kier molecular flexibility index (Phi) is 7.42. The molecule has 258 valence electrons. The third-order valence-corrected chi connectivity index (χ3v) is 12.6. The van der Waals surface area contributed by atoms with E-state index in [0.29, 0.717) is 11.2 Å². The molecular weight excluding hydrogens is 677 g/mol. The lowest BCUT2D eigenvalue weighted by Gasteiger charge is -2.32. The van der Waals surface area contributed by atoms with Gasteiger partial charge in [0.25, 0.3) is 0 Å². The number of fused-ring (bicyclic) bond motifs is 8. The summed E-state index contributed by atoms with van der Waals surface area (Å²) in [6, 6.07) is 57.3. The molecule has 54 heavy (non-hydrogen) atoms. The Morgan fingerprint density at radius 2 is 1.28 bits per heavy atom. The van der Waals surface area contributed by atoms with Crippen molar-refractivity contribution in [2.45, 2.75) is 28.4 Å². The van der Waals surface area contributed by atoms with Crippen LogP contribution in [0.2, 0.25) is 0 Å². The maximum absolute atomic E-state index is 5.19. The predicted octanol–water partition coefficient (Wildman–Crippen LogP) is 11.6. The van der Waals surface area contributed by atoms with Gasteiger partial charge in [0.2, 0.25) is 0 Å². The first-order valence-corrected chi connectivity index (χ1v) is 19.6. The van der Waals surface area contributed by atoms with Crippen molar-refractivity contribution in [2.75, 3.05) is 0 Å². The summed E-state index contributed by atoms with van der Waals surface area (Å²) in [6.07, 6.45) is 8.83. The molecule has 7 aromatic carbocycles. The van der Waals surface area contributed by atoms with Crippen LogP contribution in [0.3, 0.4) is 0 Å². The molecule has 0 fully saturated rings. The van der Waals surface area contributed by atoms with Crippen LogP contribution in [0.4, 0.5) is 0 Å². The Morgan fingerprint density at radius 1 is 0.574 bits per heavy atom. The van der Waals surface area contributed by atoms with Gasteiger partial charge < -0.3 is 9.88 Å². The van der Waals surface area contributed by atoms with Crippen LogP contribution in [0.25, 0.3) is 49.4 Å². The van der Waals surface area contributed by atoms with E-state index in [1.54, 1.807) is 0 Å². The number of nitrogens with zero attached hydrogens (tertiary/aromatic N) is 2. The average Bonchev–Trinajstić information content (AvgIpc) is 3.79. The molecule has 4 atom stereocenters. The standard InChI is InChI=1S/C49H36N4S/c1-3-12-32(13-4-1)47-50-48(33-14-5-2-6-15-33)52-49(51-47)34-19-24-37(25-20-34)53-42-26-22-35(30-41(42)46-38-16-8-7-11-31(38)21-27-43(46)53)36-23-28-45-40(29-36)39-17-9-10-18-44(39)54-45/h1-30,39,44,47-48,50H,(H,51,52). The van der Waals surface area contributed by atoms with Gasteiger partial charge in [-0.2, -0.15) is 0 Å². The van der Waals surface area contributed by atoms with Gasteiger partial charge in [0.1, 0.15) is 18.2 Å². The van der Waals surface area contributed by atoms with E-state index in [0.717, 1.165) is 22.6 Å². The first-order chi connectivity index (χ1) is 26.7. The first kappa shape index (κ1) is 31.4. The highest BCUT2D eigenvalue weighted by atomic mass is 32.2. The largest absolute Gasteiger partial charge is 0.350 e. The molecule has 4 nitrogen and oxygen atoms in total. The van der Waals surface area contributed by atoms with E-state index in [9.17, 15) is 0 Å². The normalized spacial score (nSPS) is 20.2. The zero-order chi connectivity index (χ0) is 35.6. The molecule has 1 aromatic heterocycles. The molecule has 2 aliphatic heterocycles. The highest BCUT2D eigenvalue weighted by Gasteiger charge is 2.31. The number of amidine groups is 1. The highest BCUT2D eigenvalue weighted by Crippen LogP contribution is 2.49. The van der Waals surface area contributed by atoms with Gasteiger partial charge in [-0.3, -0.25) is 5.32 Å². The van der Waals surface area contributed by atoms with Gasteiger partial charge in [0, 0.05) is 38.1 Å². The molecule has 0 radical (unpaired) electrons. The van der Waals surface area contributed by atoms with E-state index in [2.05, 4.69) is 191 Å². The molecule has 0 saturated heterocycles. The molecule has 0 spiro atoms. The second-order valence-electron chi connectivity index (χ2n) is 14.4. The monoisotopic (exact) mass is 712 g/mol. The number of aromatic nitrogens is 1. The number of thioether (sulfide) groups is 1. The Bertz CT molecular complexity index is 2820. The van der Waals surface area contributed by atoms with Gasteiger partial charge in [-0.1, -0.05) is 127 Å². The van der Waals surface area contributed by atoms with Gasteiger partial charge in [0.15, 0.2) is 0 Å². The van der Waals surface area contributed by atoms with E-state index < -0.39 is 0 Å². The molecule has 2 N–H and O–H groups in total. The molecule has 11 rings (SSSR count). The number of benzene rings is 7. The summed E-state index contributed by atoms with van der Waals surface area (Å²) >= 11 is 1.98. The van der Waals surface area contributed by atoms with Crippen molar-refractivity contribution < 1.29 is 0 Å². The molecule has 0 amide bonds. The van der Waals surface area contributed by atoms with Crippen molar-refractivity contribution in [2.24, 2.45) is 4.99 Å². The minimum absolute atomic E-state index is 0.0785. The Balaban J connectivity index is 1.02. The minimum Gasteiger partial charge on any atom is -0.350 e. The molecule has 3 aliphatic rings. The lowest BCUT2D eigenvalue weighted by atomic mass is 9.90. The number of rotatable bonds is 5. The summed E-state index contributed by atoms with van der Waals surface area (Å²) in [5.74, 6) is 1.31. The van der Waals surface area contributed by atoms with E-state index in [1.165, 1.54) is 59.7 Å². The fourth-order valence-corrected chi connectivity index (χ4v) is 9.89. The molecule has 8 aromatic rings. The van der Waals surface area contributed by atoms with Gasteiger partial charge >= 0.3 is 0 Å². The Hall–Kier alpha value is -6.14. The summed E-state index contributed by atoms with van der Waals surface area (Å²) in [4.78, 5) is 6.58. The van der Waals surface area contributed by atoms with Crippen LogP contribution in [0.15, 0.2) is 192 Å². The lowest BCUT2D eigenvalue weighted by Crippen LogP contribution is -2.44. The fraction of sp³-hybridized carbons (Fsp3) is 0.0816. The summed E-state index contributed by atoms with van der Waals surface area (Å²) in [7, 11) is 0. The lowest BCUT2D eigenvalue weighted by molar-refractivity contribution is 0.409. The number of hydrogen-bond donors (Lipinski definition) is 2. The smallest absolute Gasteiger partial charge is 0.131 e. The molecule has 3 heterocycles. The summed E-state index contributed by atoms with van der Waals surface area (Å²) in [6.45, 7) is 0. The van der Waals surface area contributed by atoms with E-state index in [-0.39, 0.29) is 12.3 Å². The Labute approximate surface area is 318 Å². The van der Waals surface area contributed by atoms with Crippen LogP contribution < -0.4 is 10.6 Å². The van der Waals surface area contributed by atoms with Crippen molar-refractivity contribution in [1.82, 2.24) is 15.2 Å². The fourth-order valence-electron chi connectivity index (χ4n) is 8.57. The Morgan fingerprint density at radius 3 is 2.13 bits per heavy atom. The quantitative estimate of drug-likeness (QED) is 0.187. The SMILES string of the molecule is C1=CC2Sc3ccc(-c4ccc5c(c4)c4c6ccccc6ccc4n5-c4ccc(C5=NC(c6ccccc6)NC(c6ccccc6)N5)cc4)cc3C2C=C1. The second kappa shape index (κ2) is 12.8. The van der Waals surface area contributed by atoms with Gasteiger partial charge in [-0.25, -0.2) is 4.99 Å². The van der Waals surface area contributed by atoms with Crippen LogP contribution in [-0.2, 0) is 0 Å². The third-order valence-electron chi connectivity index (χ3n) is 11.2. The maximum Gasteiger partial charge on any atom is 0.131 e. The van der Waals surface area contributed by atoms with Gasteiger partial charge in [-0.15, -0.1) is 11.8 Å². The third kappa shape index (κ3) is 5.23. The predicted molar refractivity (Wildman–Crippen MR) is 226 cm³/mol. The molecule has 4 unspecified atom stereocenters. The molecule has 1 aliphatic carbocycles. The zero-order valence-corrected chi connectivity index (χ0v) is 30.2. The van der Waals surface area contributed by atoms with Crippen molar-refractivity contribution >= 4 is 50.2 Å². The maximum atomic E-state index is 5.19. The van der Waals surface area contributed by atoms with Crippen molar-refractivity contribution in [3.8, 4) is 16.8 Å². The van der Waals surface area contributed by atoms with E-state index in [4.69, 9.17) is 4.99 Å². The molecular formula is C49H36N4S. The minimum atomic E-state index is -0.172. The van der Waals surface area contributed by atoms with Crippen LogP contribution in [-0.4, -0.2) is 15.7 Å². The number of nitrogens with one attached hydrogen (secondary N) is 2. The highest BCUT2D eigenvalue weighted by molar-refractivity contribution is 8.00. The zero-order valence-electron chi connectivity index (χ0n) is 29.4. The van der Waals surface area contributed by atoms with Crippen LogP contribution in [0.5, 0.6) is 0 Å².